The van der Waals surface area contributed by atoms with Gasteiger partial charge in [0.15, 0.2) is 0 Å². The Labute approximate surface area is 115 Å². The standard InChI is InChI=1S/C12H17N5OS/c1-7-8(6-14-15-7)5-13-11(18)9-10(12(2,3)4)16-17-19-9/h6H,5H2,1-4H3,(H,13,18)(H,14,15). The van der Waals surface area contributed by atoms with Gasteiger partial charge in [-0.3, -0.25) is 9.89 Å². The van der Waals surface area contributed by atoms with Crippen LogP contribution >= 0.6 is 11.5 Å². The fraction of sp³-hybridized carbons (Fsp3) is 0.500. The molecule has 102 valence electrons. The van der Waals surface area contributed by atoms with E-state index < -0.39 is 0 Å². The Morgan fingerprint density at radius 2 is 2.21 bits per heavy atom. The number of nitrogens with zero attached hydrogens (tertiary/aromatic N) is 3. The van der Waals surface area contributed by atoms with Crippen LogP contribution in [0.5, 0.6) is 0 Å². The zero-order valence-electron chi connectivity index (χ0n) is 11.4. The highest BCUT2D eigenvalue weighted by Crippen LogP contribution is 2.25. The smallest absolute Gasteiger partial charge is 0.265 e. The molecular formula is C12H17N5OS. The molecule has 0 bridgehead atoms. The van der Waals surface area contributed by atoms with Gasteiger partial charge in [0.2, 0.25) is 0 Å². The van der Waals surface area contributed by atoms with Crippen molar-refractivity contribution in [3.8, 4) is 0 Å². The van der Waals surface area contributed by atoms with Gasteiger partial charge < -0.3 is 5.32 Å². The minimum absolute atomic E-state index is 0.138. The number of amides is 1. The highest BCUT2D eigenvalue weighted by molar-refractivity contribution is 7.08. The van der Waals surface area contributed by atoms with E-state index in [4.69, 9.17) is 0 Å². The second-order valence-corrected chi connectivity index (χ2v) is 6.16. The van der Waals surface area contributed by atoms with Crippen molar-refractivity contribution in [2.75, 3.05) is 0 Å². The van der Waals surface area contributed by atoms with Gasteiger partial charge in [0.05, 0.1) is 11.9 Å². The lowest BCUT2D eigenvalue weighted by Gasteiger charge is -2.16. The third-order valence-electron chi connectivity index (χ3n) is 2.78. The quantitative estimate of drug-likeness (QED) is 0.897. The molecule has 0 unspecified atom stereocenters. The number of nitrogens with one attached hydrogen (secondary N) is 2. The molecule has 0 saturated carbocycles. The highest BCUT2D eigenvalue weighted by Gasteiger charge is 2.26. The van der Waals surface area contributed by atoms with Crippen molar-refractivity contribution in [2.24, 2.45) is 0 Å². The summed E-state index contributed by atoms with van der Waals surface area (Å²) in [5, 5.41) is 13.7. The molecule has 1 amide bonds. The van der Waals surface area contributed by atoms with E-state index >= 15 is 0 Å². The lowest BCUT2D eigenvalue weighted by atomic mass is 9.91. The number of hydrogen-bond acceptors (Lipinski definition) is 5. The number of hydrogen-bond donors (Lipinski definition) is 2. The van der Waals surface area contributed by atoms with Gasteiger partial charge >= 0.3 is 0 Å². The minimum atomic E-state index is -0.189. The van der Waals surface area contributed by atoms with E-state index in [2.05, 4.69) is 25.1 Å². The van der Waals surface area contributed by atoms with Gasteiger partial charge in [0.25, 0.3) is 5.91 Å². The van der Waals surface area contributed by atoms with E-state index in [1.54, 1.807) is 6.20 Å². The van der Waals surface area contributed by atoms with Crippen molar-refractivity contribution in [1.82, 2.24) is 25.1 Å². The minimum Gasteiger partial charge on any atom is -0.347 e. The van der Waals surface area contributed by atoms with Crippen LogP contribution in [0, 0.1) is 6.92 Å². The van der Waals surface area contributed by atoms with Gasteiger partial charge in [-0.05, 0) is 18.5 Å². The van der Waals surface area contributed by atoms with Crippen LogP contribution in [0.3, 0.4) is 0 Å². The molecule has 0 saturated heterocycles. The summed E-state index contributed by atoms with van der Waals surface area (Å²) in [5.74, 6) is -0.138. The number of rotatable bonds is 3. The van der Waals surface area contributed by atoms with E-state index in [0.717, 1.165) is 28.5 Å². The molecule has 0 aromatic carbocycles. The number of aromatic nitrogens is 4. The number of aryl methyl sites for hydroxylation is 1. The van der Waals surface area contributed by atoms with E-state index in [9.17, 15) is 4.79 Å². The Balaban J connectivity index is 2.09. The Hall–Kier alpha value is -1.76. The van der Waals surface area contributed by atoms with Gasteiger partial charge in [0, 0.05) is 23.2 Å². The summed E-state index contributed by atoms with van der Waals surface area (Å²) >= 11 is 1.13. The number of carbonyl (C=O) groups excluding carboxylic acids is 1. The molecule has 0 aliphatic rings. The monoisotopic (exact) mass is 279 g/mol. The summed E-state index contributed by atoms with van der Waals surface area (Å²) < 4.78 is 3.88. The molecule has 2 aromatic rings. The van der Waals surface area contributed by atoms with Gasteiger partial charge in [-0.1, -0.05) is 25.3 Å². The van der Waals surface area contributed by atoms with Crippen molar-refractivity contribution in [2.45, 2.75) is 39.7 Å². The van der Waals surface area contributed by atoms with Crippen LogP contribution in [0.25, 0.3) is 0 Å². The zero-order chi connectivity index (χ0) is 14.0. The zero-order valence-corrected chi connectivity index (χ0v) is 12.3. The normalized spacial score (nSPS) is 11.6. The highest BCUT2D eigenvalue weighted by atomic mass is 32.1. The Morgan fingerprint density at radius 1 is 1.47 bits per heavy atom. The molecule has 0 aliphatic carbocycles. The van der Waals surface area contributed by atoms with E-state index in [1.807, 2.05) is 27.7 Å². The van der Waals surface area contributed by atoms with Gasteiger partial charge in [-0.15, -0.1) is 5.10 Å². The maximum atomic E-state index is 12.2. The van der Waals surface area contributed by atoms with Crippen LogP contribution in [-0.2, 0) is 12.0 Å². The first-order chi connectivity index (χ1) is 8.89. The third kappa shape index (κ3) is 2.98. The Morgan fingerprint density at radius 3 is 2.79 bits per heavy atom. The summed E-state index contributed by atoms with van der Waals surface area (Å²) in [5.41, 5.74) is 2.48. The summed E-state index contributed by atoms with van der Waals surface area (Å²) in [4.78, 5) is 12.7. The number of carbonyl (C=O) groups is 1. The molecule has 7 heteroatoms. The van der Waals surface area contributed by atoms with Crippen LogP contribution in [0.2, 0.25) is 0 Å². The second kappa shape index (κ2) is 5.08. The number of H-pyrrole nitrogens is 1. The average Bonchev–Trinajstić information content (AvgIpc) is 2.93. The van der Waals surface area contributed by atoms with Crippen molar-refractivity contribution < 1.29 is 4.79 Å². The Kier molecular flexibility index (Phi) is 3.66. The van der Waals surface area contributed by atoms with Gasteiger partial charge in [-0.2, -0.15) is 5.10 Å². The lowest BCUT2D eigenvalue weighted by molar-refractivity contribution is 0.0952. The summed E-state index contributed by atoms with van der Waals surface area (Å²) in [7, 11) is 0. The van der Waals surface area contributed by atoms with Crippen LogP contribution in [0.4, 0.5) is 0 Å². The van der Waals surface area contributed by atoms with Crippen LogP contribution < -0.4 is 5.32 Å². The molecule has 0 atom stereocenters. The van der Waals surface area contributed by atoms with Gasteiger partial charge in [-0.25, -0.2) is 0 Å². The molecule has 0 fully saturated rings. The summed E-state index contributed by atoms with van der Waals surface area (Å²) in [6.45, 7) is 8.41. The topological polar surface area (TPSA) is 83.6 Å². The second-order valence-electron chi connectivity index (χ2n) is 5.40. The van der Waals surface area contributed by atoms with Crippen molar-refractivity contribution in [3.05, 3.63) is 28.0 Å². The molecule has 6 nitrogen and oxygen atoms in total. The molecule has 2 heterocycles. The first kappa shape index (κ1) is 13.7. The summed E-state index contributed by atoms with van der Waals surface area (Å²) in [6.07, 6.45) is 1.71. The molecule has 0 aliphatic heterocycles. The van der Waals surface area contributed by atoms with E-state index in [1.165, 1.54) is 0 Å². The first-order valence-corrected chi connectivity index (χ1v) is 6.77. The molecule has 0 spiro atoms. The van der Waals surface area contributed by atoms with Gasteiger partial charge in [0.1, 0.15) is 4.88 Å². The molecule has 2 rings (SSSR count). The lowest BCUT2D eigenvalue weighted by Crippen LogP contribution is -2.25. The van der Waals surface area contributed by atoms with Crippen LogP contribution in [0.15, 0.2) is 6.20 Å². The fourth-order valence-corrected chi connectivity index (χ4v) is 2.43. The van der Waals surface area contributed by atoms with E-state index in [0.29, 0.717) is 11.4 Å². The van der Waals surface area contributed by atoms with Crippen LogP contribution in [-0.4, -0.2) is 25.7 Å². The SMILES string of the molecule is Cc1[nH]ncc1CNC(=O)c1snnc1C(C)(C)C. The van der Waals surface area contributed by atoms with Crippen molar-refractivity contribution in [3.63, 3.8) is 0 Å². The molecule has 2 N–H and O–H groups in total. The van der Waals surface area contributed by atoms with E-state index in [-0.39, 0.29) is 11.3 Å². The predicted octanol–water partition coefficient (Wildman–Crippen LogP) is 1.80. The van der Waals surface area contributed by atoms with Crippen molar-refractivity contribution >= 4 is 17.4 Å². The largest absolute Gasteiger partial charge is 0.347 e. The summed E-state index contributed by atoms with van der Waals surface area (Å²) in [6, 6.07) is 0. The molecule has 19 heavy (non-hydrogen) atoms. The molecule has 2 aromatic heterocycles. The van der Waals surface area contributed by atoms with Crippen molar-refractivity contribution in [1.29, 1.82) is 0 Å². The van der Waals surface area contributed by atoms with Crippen LogP contribution in [0.1, 0.15) is 47.4 Å². The number of aromatic amines is 1. The average molecular weight is 279 g/mol. The molecule has 0 radical (unpaired) electrons. The third-order valence-corrected chi connectivity index (χ3v) is 3.50. The maximum absolute atomic E-state index is 12.2. The first-order valence-electron chi connectivity index (χ1n) is 5.99. The predicted molar refractivity (Wildman–Crippen MR) is 73.1 cm³/mol. The molecular weight excluding hydrogens is 262 g/mol. The maximum Gasteiger partial charge on any atom is 0.265 e. The fourth-order valence-electron chi connectivity index (χ4n) is 1.64. The Bertz CT molecular complexity index is 581.